The topological polar surface area (TPSA) is 63.1 Å². The van der Waals surface area contributed by atoms with Gasteiger partial charge in [0.25, 0.3) is 0 Å². The van der Waals surface area contributed by atoms with E-state index in [9.17, 15) is 4.79 Å². The molecule has 5 heteroatoms. The molecule has 1 aromatic rings. The van der Waals surface area contributed by atoms with Crippen molar-refractivity contribution in [3.05, 3.63) is 58.4 Å². The predicted octanol–water partition coefficient (Wildman–Crippen LogP) is 5.15. The number of carbonyl (C=O) groups is 1. The molecular weight excluding hydrogens is 374 g/mol. The van der Waals surface area contributed by atoms with E-state index >= 15 is 0 Å². The van der Waals surface area contributed by atoms with Crippen LogP contribution in [0.15, 0.2) is 57.5 Å². The Morgan fingerprint density at radius 1 is 1.20 bits per heavy atom. The van der Waals surface area contributed by atoms with Crippen LogP contribution in [0.25, 0.3) is 0 Å². The van der Waals surface area contributed by atoms with E-state index in [0.29, 0.717) is 12.3 Å². The number of Topliss-reactive ketones (excluding diaryl/α,β-unsaturated/α-hetero) is 1. The van der Waals surface area contributed by atoms with Gasteiger partial charge >= 0.3 is 0 Å². The maximum absolute atomic E-state index is 13.6. The molecule has 1 aliphatic carbocycles. The van der Waals surface area contributed by atoms with Crippen molar-refractivity contribution in [3.63, 3.8) is 0 Å². The van der Waals surface area contributed by atoms with E-state index in [0.717, 1.165) is 55.7 Å². The smallest absolute Gasteiger partial charge is 0.164 e. The Morgan fingerprint density at radius 2 is 2.00 bits per heavy atom. The van der Waals surface area contributed by atoms with E-state index in [1.165, 1.54) is 11.1 Å². The molecule has 3 heterocycles. The lowest BCUT2D eigenvalue weighted by atomic mass is 9.58. The first kappa shape index (κ1) is 19.7. The van der Waals surface area contributed by atoms with Gasteiger partial charge < -0.3 is 10.1 Å². The second-order valence-corrected chi connectivity index (χ2v) is 9.93. The standard InChI is InChI=1S/C25H31N3O2/c1-4-25(18-7-5-6-17(12-18)16-8-10-30-11-9-16)19-15-26-28-23(19)27-20-13-24(2,3)14-21(29)22(20)25/h5-7,12,15-16,23,27H,4,8-11,13-14H2,1-3H3/t23?,25-/m0/s1. The molecule has 0 bridgehead atoms. The molecule has 1 aromatic carbocycles. The minimum Gasteiger partial charge on any atom is -0.381 e. The summed E-state index contributed by atoms with van der Waals surface area (Å²) in [4.78, 5) is 13.6. The summed E-state index contributed by atoms with van der Waals surface area (Å²) in [6, 6.07) is 8.94. The van der Waals surface area contributed by atoms with Crippen molar-refractivity contribution in [3.8, 4) is 0 Å². The van der Waals surface area contributed by atoms with Gasteiger partial charge in [0.15, 0.2) is 11.9 Å². The van der Waals surface area contributed by atoms with Gasteiger partial charge in [-0.1, -0.05) is 45.0 Å². The van der Waals surface area contributed by atoms with Crippen LogP contribution in [0.2, 0.25) is 0 Å². The van der Waals surface area contributed by atoms with Crippen molar-refractivity contribution in [1.82, 2.24) is 5.32 Å². The normalized spacial score (nSPS) is 30.6. The van der Waals surface area contributed by atoms with Crippen molar-refractivity contribution in [1.29, 1.82) is 0 Å². The highest BCUT2D eigenvalue weighted by Crippen LogP contribution is 2.54. The van der Waals surface area contributed by atoms with Crippen LogP contribution < -0.4 is 5.32 Å². The number of nitrogens with one attached hydrogen (secondary N) is 1. The molecule has 0 amide bonds. The van der Waals surface area contributed by atoms with E-state index in [2.05, 4.69) is 60.6 Å². The number of fused-ring (bicyclic) bond motifs is 1. The molecular formula is C25H31N3O2. The molecule has 30 heavy (non-hydrogen) atoms. The quantitative estimate of drug-likeness (QED) is 0.756. The molecule has 1 fully saturated rings. The number of ether oxygens (including phenoxy) is 1. The van der Waals surface area contributed by atoms with Crippen LogP contribution in [-0.4, -0.2) is 25.2 Å². The molecule has 5 nitrogen and oxygen atoms in total. The Balaban J connectivity index is 1.68. The lowest BCUT2D eigenvalue weighted by Crippen LogP contribution is -2.51. The van der Waals surface area contributed by atoms with Gasteiger partial charge in [-0.05, 0) is 48.1 Å². The van der Waals surface area contributed by atoms with Crippen LogP contribution >= 0.6 is 0 Å². The van der Waals surface area contributed by atoms with Gasteiger partial charge in [0.1, 0.15) is 0 Å². The summed E-state index contributed by atoms with van der Waals surface area (Å²) in [5.41, 5.74) is 5.20. The molecule has 1 saturated heterocycles. The number of azo groups is 1. The van der Waals surface area contributed by atoms with Crippen LogP contribution in [0.5, 0.6) is 0 Å². The molecule has 0 spiro atoms. The first-order valence-electron chi connectivity index (χ1n) is 11.3. The summed E-state index contributed by atoms with van der Waals surface area (Å²) in [6.45, 7) is 8.20. The summed E-state index contributed by atoms with van der Waals surface area (Å²) in [5, 5.41) is 12.3. The fourth-order valence-corrected chi connectivity index (χ4v) is 5.98. The molecule has 0 saturated carbocycles. The minimum absolute atomic E-state index is 0.0384. The summed E-state index contributed by atoms with van der Waals surface area (Å²) in [6.07, 6.45) is 6.11. The molecule has 4 aliphatic rings. The van der Waals surface area contributed by atoms with Crippen LogP contribution in [0.1, 0.15) is 69.9 Å². The zero-order valence-electron chi connectivity index (χ0n) is 18.2. The maximum Gasteiger partial charge on any atom is 0.164 e. The van der Waals surface area contributed by atoms with Gasteiger partial charge in [0.05, 0.1) is 11.6 Å². The third-order valence-electron chi connectivity index (χ3n) is 7.38. The van der Waals surface area contributed by atoms with Gasteiger partial charge in [0, 0.05) is 36.5 Å². The maximum atomic E-state index is 13.6. The highest BCUT2D eigenvalue weighted by atomic mass is 16.5. The van der Waals surface area contributed by atoms with Gasteiger partial charge in [-0.3, -0.25) is 4.79 Å². The Labute approximate surface area is 178 Å². The van der Waals surface area contributed by atoms with Crippen LogP contribution in [0.3, 0.4) is 0 Å². The number of benzene rings is 1. The molecule has 0 radical (unpaired) electrons. The van der Waals surface area contributed by atoms with E-state index in [-0.39, 0.29) is 17.4 Å². The largest absolute Gasteiger partial charge is 0.381 e. The molecule has 5 rings (SSSR count). The monoisotopic (exact) mass is 405 g/mol. The summed E-state index contributed by atoms with van der Waals surface area (Å²) >= 11 is 0. The number of rotatable bonds is 3. The highest BCUT2D eigenvalue weighted by Gasteiger charge is 2.53. The Hall–Kier alpha value is -2.27. The Bertz CT molecular complexity index is 968. The van der Waals surface area contributed by atoms with Gasteiger partial charge in [-0.2, -0.15) is 10.2 Å². The SMILES string of the molecule is CC[C@]1(c2cccc(C3CCOCC3)c2)C2=CN=NC2NC2=C1C(=O)CC(C)(C)C2. The van der Waals surface area contributed by atoms with Crippen molar-refractivity contribution < 1.29 is 9.53 Å². The minimum atomic E-state index is -0.455. The van der Waals surface area contributed by atoms with Gasteiger partial charge in [0.2, 0.25) is 0 Å². The summed E-state index contributed by atoms with van der Waals surface area (Å²) in [5.74, 6) is 0.782. The molecule has 0 aromatic heterocycles. The van der Waals surface area contributed by atoms with Crippen LogP contribution in [0.4, 0.5) is 0 Å². The number of nitrogens with zero attached hydrogens (tertiary/aromatic N) is 2. The number of hydrogen-bond donors (Lipinski definition) is 1. The third kappa shape index (κ3) is 2.97. The molecule has 3 aliphatic heterocycles. The average molecular weight is 406 g/mol. The molecule has 1 N–H and O–H groups in total. The second kappa shape index (κ2) is 7.16. The van der Waals surface area contributed by atoms with Crippen molar-refractivity contribution in [2.45, 2.75) is 70.4 Å². The molecule has 158 valence electrons. The summed E-state index contributed by atoms with van der Waals surface area (Å²) < 4.78 is 5.58. The van der Waals surface area contributed by atoms with Gasteiger partial charge in [-0.25, -0.2) is 0 Å². The number of allylic oxidation sites excluding steroid dienone is 2. The van der Waals surface area contributed by atoms with Crippen molar-refractivity contribution in [2.75, 3.05) is 13.2 Å². The van der Waals surface area contributed by atoms with E-state index in [1.807, 2.05) is 6.20 Å². The van der Waals surface area contributed by atoms with Gasteiger partial charge in [-0.15, -0.1) is 0 Å². The second-order valence-electron chi connectivity index (χ2n) is 9.93. The van der Waals surface area contributed by atoms with Crippen LogP contribution in [0, 0.1) is 5.41 Å². The lowest BCUT2D eigenvalue weighted by molar-refractivity contribution is -0.119. The average Bonchev–Trinajstić information content (AvgIpc) is 3.21. The number of ketones is 1. The van der Waals surface area contributed by atoms with E-state index in [4.69, 9.17) is 4.74 Å². The van der Waals surface area contributed by atoms with Crippen molar-refractivity contribution >= 4 is 5.78 Å². The number of carbonyl (C=O) groups excluding carboxylic acids is 1. The third-order valence-corrected chi connectivity index (χ3v) is 7.38. The number of hydrogen-bond acceptors (Lipinski definition) is 5. The Morgan fingerprint density at radius 3 is 2.77 bits per heavy atom. The predicted molar refractivity (Wildman–Crippen MR) is 116 cm³/mol. The summed E-state index contributed by atoms with van der Waals surface area (Å²) in [7, 11) is 0. The zero-order valence-corrected chi connectivity index (χ0v) is 18.2. The first-order chi connectivity index (χ1) is 14.4. The highest BCUT2D eigenvalue weighted by molar-refractivity contribution is 6.01. The van der Waals surface area contributed by atoms with Crippen molar-refractivity contribution in [2.24, 2.45) is 15.6 Å². The Kier molecular flexibility index (Phi) is 4.69. The van der Waals surface area contributed by atoms with E-state index in [1.54, 1.807) is 0 Å². The molecule has 2 atom stereocenters. The fraction of sp³-hybridized carbons (Fsp3) is 0.560. The fourth-order valence-electron chi connectivity index (χ4n) is 5.98. The van der Waals surface area contributed by atoms with Crippen LogP contribution in [-0.2, 0) is 14.9 Å². The molecule has 1 unspecified atom stereocenters. The lowest BCUT2D eigenvalue weighted by Gasteiger charge is -2.48. The van der Waals surface area contributed by atoms with E-state index < -0.39 is 5.41 Å². The first-order valence-corrected chi connectivity index (χ1v) is 11.3. The zero-order chi connectivity index (χ0) is 20.9.